The molecule has 0 amide bonds. The van der Waals surface area contributed by atoms with Crippen molar-refractivity contribution in [3.63, 3.8) is 0 Å². The second-order valence-electron chi connectivity index (χ2n) is 2.58. The molecule has 0 radical (unpaired) electrons. The van der Waals surface area contributed by atoms with Crippen LogP contribution >= 0.6 is 24.8 Å². The minimum atomic E-state index is -0.542. The zero-order valence-electron chi connectivity index (χ0n) is 7.66. The van der Waals surface area contributed by atoms with Crippen molar-refractivity contribution in [2.24, 2.45) is 5.90 Å². The van der Waals surface area contributed by atoms with Gasteiger partial charge in [-0.25, -0.2) is 5.90 Å². The standard InChI is InChI=1S/C7H16N2O2.2ClH/c1-6(2)3-9-4-7(10)5-11-8;;/h7,9-10H,1,3-5,8H2,2H3;2*1H. The van der Waals surface area contributed by atoms with E-state index in [4.69, 9.17) is 11.0 Å². The lowest BCUT2D eigenvalue weighted by Gasteiger charge is -2.09. The number of hydrogen-bond acceptors (Lipinski definition) is 4. The highest BCUT2D eigenvalue weighted by atomic mass is 35.5. The summed E-state index contributed by atoms with van der Waals surface area (Å²) in [4.78, 5) is 4.25. The molecule has 0 bridgehead atoms. The quantitative estimate of drug-likeness (QED) is 0.454. The molecule has 1 atom stereocenters. The van der Waals surface area contributed by atoms with Gasteiger partial charge in [-0.1, -0.05) is 12.2 Å². The van der Waals surface area contributed by atoms with Crippen LogP contribution in [0.5, 0.6) is 0 Å². The predicted molar refractivity (Wildman–Crippen MR) is 58.3 cm³/mol. The number of nitrogens with one attached hydrogen (secondary N) is 1. The van der Waals surface area contributed by atoms with E-state index in [1.807, 2.05) is 6.92 Å². The van der Waals surface area contributed by atoms with E-state index >= 15 is 0 Å². The Morgan fingerprint density at radius 1 is 1.62 bits per heavy atom. The third kappa shape index (κ3) is 15.0. The molecule has 0 aliphatic heterocycles. The van der Waals surface area contributed by atoms with Crippen LogP contribution in [0.1, 0.15) is 6.92 Å². The Balaban J connectivity index is -0.000000500. The third-order valence-corrected chi connectivity index (χ3v) is 1.10. The molecule has 6 heteroatoms. The largest absolute Gasteiger partial charge is 0.389 e. The van der Waals surface area contributed by atoms with Crippen LogP contribution in [-0.2, 0) is 4.84 Å². The van der Waals surface area contributed by atoms with Gasteiger partial charge in [-0.15, -0.1) is 24.8 Å². The van der Waals surface area contributed by atoms with E-state index in [0.717, 1.165) is 5.57 Å². The molecule has 1 unspecified atom stereocenters. The number of hydrogen-bond donors (Lipinski definition) is 3. The van der Waals surface area contributed by atoms with E-state index in [2.05, 4.69) is 16.7 Å². The highest BCUT2D eigenvalue weighted by molar-refractivity contribution is 5.85. The molecule has 0 saturated carbocycles. The number of aliphatic hydroxyl groups excluding tert-OH is 1. The first kappa shape index (κ1) is 18.9. The smallest absolute Gasteiger partial charge is 0.0951 e. The first-order valence-corrected chi connectivity index (χ1v) is 3.51. The van der Waals surface area contributed by atoms with Crippen molar-refractivity contribution >= 4 is 24.8 Å². The number of aliphatic hydroxyl groups is 1. The zero-order chi connectivity index (χ0) is 8.69. The molecular weight excluding hydrogens is 215 g/mol. The Morgan fingerprint density at radius 3 is 2.54 bits per heavy atom. The van der Waals surface area contributed by atoms with Crippen molar-refractivity contribution in [2.75, 3.05) is 19.7 Å². The van der Waals surface area contributed by atoms with Gasteiger partial charge < -0.3 is 15.3 Å². The fourth-order valence-corrected chi connectivity index (χ4v) is 0.622. The topological polar surface area (TPSA) is 67.5 Å². The molecule has 0 heterocycles. The van der Waals surface area contributed by atoms with Gasteiger partial charge in [0.05, 0.1) is 12.7 Å². The first-order chi connectivity index (χ1) is 5.16. The maximum atomic E-state index is 9.06. The van der Waals surface area contributed by atoms with Crippen molar-refractivity contribution in [3.05, 3.63) is 12.2 Å². The van der Waals surface area contributed by atoms with Crippen LogP contribution in [0.4, 0.5) is 0 Å². The van der Waals surface area contributed by atoms with Gasteiger partial charge in [0.1, 0.15) is 0 Å². The Labute approximate surface area is 91.3 Å². The summed E-state index contributed by atoms with van der Waals surface area (Å²) in [6.07, 6.45) is -0.542. The Morgan fingerprint density at radius 2 is 2.15 bits per heavy atom. The van der Waals surface area contributed by atoms with E-state index in [1.165, 1.54) is 0 Å². The van der Waals surface area contributed by atoms with Crippen LogP contribution in [0.3, 0.4) is 0 Å². The lowest BCUT2D eigenvalue weighted by molar-refractivity contribution is 0.0373. The van der Waals surface area contributed by atoms with Gasteiger partial charge in [-0.3, -0.25) is 0 Å². The molecule has 4 N–H and O–H groups in total. The average molecular weight is 233 g/mol. The van der Waals surface area contributed by atoms with Gasteiger partial charge in [0, 0.05) is 13.1 Å². The highest BCUT2D eigenvalue weighted by Crippen LogP contribution is 1.83. The Bertz CT molecular complexity index is 125. The molecular formula is C7H18Cl2N2O2. The van der Waals surface area contributed by atoms with Gasteiger partial charge in [-0.2, -0.15) is 0 Å². The number of halogens is 2. The summed E-state index contributed by atoms with van der Waals surface area (Å²) in [5, 5.41) is 12.0. The minimum Gasteiger partial charge on any atom is -0.389 e. The monoisotopic (exact) mass is 232 g/mol. The molecule has 0 saturated heterocycles. The maximum Gasteiger partial charge on any atom is 0.0951 e. The number of rotatable bonds is 6. The van der Waals surface area contributed by atoms with Crippen molar-refractivity contribution in [2.45, 2.75) is 13.0 Å². The molecule has 0 aliphatic rings. The molecule has 0 fully saturated rings. The lowest BCUT2D eigenvalue weighted by Crippen LogP contribution is -2.32. The van der Waals surface area contributed by atoms with Gasteiger partial charge in [0.15, 0.2) is 0 Å². The van der Waals surface area contributed by atoms with Crippen molar-refractivity contribution in [1.29, 1.82) is 0 Å². The Hall–Kier alpha value is 0.160. The highest BCUT2D eigenvalue weighted by Gasteiger charge is 2.01. The van der Waals surface area contributed by atoms with E-state index in [9.17, 15) is 0 Å². The molecule has 0 rings (SSSR count). The normalized spacial score (nSPS) is 11.0. The molecule has 0 aromatic rings. The van der Waals surface area contributed by atoms with Crippen LogP contribution in [0, 0.1) is 0 Å². The van der Waals surface area contributed by atoms with Gasteiger partial charge in [0.2, 0.25) is 0 Å². The van der Waals surface area contributed by atoms with Gasteiger partial charge in [0.25, 0.3) is 0 Å². The summed E-state index contributed by atoms with van der Waals surface area (Å²) in [5.41, 5.74) is 1.03. The van der Waals surface area contributed by atoms with Crippen molar-refractivity contribution in [3.8, 4) is 0 Å². The van der Waals surface area contributed by atoms with Gasteiger partial charge >= 0.3 is 0 Å². The van der Waals surface area contributed by atoms with Crippen LogP contribution < -0.4 is 11.2 Å². The van der Waals surface area contributed by atoms with Crippen LogP contribution in [0.25, 0.3) is 0 Å². The SMILES string of the molecule is C=C(C)CNCC(O)CON.Cl.Cl. The predicted octanol–water partition coefficient (Wildman–Crippen LogP) is 0.247. The molecule has 4 nitrogen and oxygen atoms in total. The number of nitrogens with two attached hydrogens (primary N) is 1. The van der Waals surface area contributed by atoms with Crippen molar-refractivity contribution in [1.82, 2.24) is 5.32 Å². The molecule has 0 aromatic carbocycles. The van der Waals surface area contributed by atoms with Crippen LogP contribution in [0.15, 0.2) is 12.2 Å². The maximum absolute atomic E-state index is 9.06. The van der Waals surface area contributed by atoms with Crippen molar-refractivity contribution < 1.29 is 9.94 Å². The average Bonchev–Trinajstić information content (AvgIpc) is 1.87. The molecule has 0 aliphatic carbocycles. The zero-order valence-corrected chi connectivity index (χ0v) is 9.29. The fraction of sp³-hybridized carbons (Fsp3) is 0.714. The summed E-state index contributed by atoms with van der Waals surface area (Å²) in [6.45, 7) is 6.96. The van der Waals surface area contributed by atoms with Gasteiger partial charge in [-0.05, 0) is 6.92 Å². The molecule has 0 aromatic heterocycles. The molecule has 82 valence electrons. The Kier molecular flexibility index (Phi) is 17.6. The van der Waals surface area contributed by atoms with E-state index < -0.39 is 6.10 Å². The summed E-state index contributed by atoms with van der Waals surface area (Å²) in [7, 11) is 0. The van der Waals surface area contributed by atoms with Crippen LogP contribution in [0.2, 0.25) is 0 Å². The second-order valence-corrected chi connectivity index (χ2v) is 2.58. The van der Waals surface area contributed by atoms with E-state index in [-0.39, 0.29) is 31.4 Å². The summed E-state index contributed by atoms with van der Waals surface area (Å²) >= 11 is 0. The molecule has 13 heavy (non-hydrogen) atoms. The summed E-state index contributed by atoms with van der Waals surface area (Å²) in [5.74, 6) is 4.76. The lowest BCUT2D eigenvalue weighted by atomic mass is 10.3. The first-order valence-electron chi connectivity index (χ1n) is 3.51. The van der Waals surface area contributed by atoms with E-state index in [1.54, 1.807) is 0 Å². The summed E-state index contributed by atoms with van der Waals surface area (Å²) < 4.78 is 0. The van der Waals surface area contributed by atoms with Crippen LogP contribution in [-0.4, -0.2) is 30.9 Å². The summed E-state index contributed by atoms with van der Waals surface area (Å²) in [6, 6.07) is 0. The second kappa shape index (κ2) is 12.2. The molecule has 0 spiro atoms. The van der Waals surface area contributed by atoms with E-state index in [0.29, 0.717) is 13.1 Å². The fourth-order valence-electron chi connectivity index (χ4n) is 0.622. The minimum absolute atomic E-state index is 0. The third-order valence-electron chi connectivity index (χ3n) is 1.10.